The van der Waals surface area contributed by atoms with Gasteiger partial charge in [0, 0.05) is 19.1 Å². The second-order valence-electron chi connectivity index (χ2n) is 4.22. The normalized spacial score (nSPS) is 10.5. The highest BCUT2D eigenvalue weighted by atomic mass is 16.5. The average Bonchev–Trinajstić information content (AvgIpc) is 2.96. The molecule has 0 aliphatic rings. The predicted molar refractivity (Wildman–Crippen MR) is 72.2 cm³/mol. The van der Waals surface area contributed by atoms with E-state index in [0.717, 1.165) is 43.9 Å². The topological polar surface area (TPSA) is 44.5 Å². The molecule has 19 heavy (non-hydrogen) atoms. The van der Waals surface area contributed by atoms with Crippen molar-refractivity contribution in [2.45, 2.75) is 19.3 Å². The van der Waals surface area contributed by atoms with Gasteiger partial charge in [0.2, 0.25) is 0 Å². The number of hydrogen-bond acceptors (Lipinski definition) is 4. The second-order valence-corrected chi connectivity index (χ2v) is 4.22. The largest absolute Gasteiger partial charge is 0.494 e. The number of benzene rings is 1. The van der Waals surface area contributed by atoms with E-state index in [1.54, 1.807) is 6.26 Å². The highest BCUT2D eigenvalue weighted by Gasteiger charge is 1.97. The monoisotopic (exact) mass is 261 g/mol. The van der Waals surface area contributed by atoms with E-state index in [1.165, 1.54) is 0 Å². The number of ether oxygens (including phenoxy) is 2. The summed E-state index contributed by atoms with van der Waals surface area (Å²) in [4.78, 5) is 0. The molecule has 2 rings (SSSR count). The van der Waals surface area contributed by atoms with Crippen molar-refractivity contribution in [3.05, 3.63) is 48.4 Å². The lowest BCUT2D eigenvalue weighted by Crippen LogP contribution is -2.03. The highest BCUT2D eigenvalue weighted by Crippen LogP contribution is 2.08. The molecular formula is C15H19NO3. The molecule has 0 saturated heterocycles. The van der Waals surface area contributed by atoms with Gasteiger partial charge in [-0.25, -0.2) is 0 Å². The third-order valence-electron chi connectivity index (χ3n) is 2.69. The van der Waals surface area contributed by atoms with E-state index in [1.807, 2.05) is 36.4 Å². The Bertz CT molecular complexity index is 428. The summed E-state index contributed by atoms with van der Waals surface area (Å²) in [5.41, 5.74) is 0.937. The van der Waals surface area contributed by atoms with Crippen LogP contribution in [0.25, 0.3) is 0 Å². The van der Waals surface area contributed by atoms with Crippen LogP contribution in [0.15, 0.2) is 47.2 Å². The molecule has 0 radical (unpaired) electrons. The third kappa shape index (κ3) is 5.57. The summed E-state index contributed by atoms with van der Waals surface area (Å²) >= 11 is 0. The molecule has 4 heteroatoms. The molecule has 102 valence electrons. The maximum Gasteiger partial charge on any atom is 0.124 e. The van der Waals surface area contributed by atoms with Crippen molar-refractivity contribution in [1.82, 2.24) is 5.16 Å². The van der Waals surface area contributed by atoms with Crippen molar-refractivity contribution >= 4 is 0 Å². The van der Waals surface area contributed by atoms with E-state index < -0.39 is 0 Å². The van der Waals surface area contributed by atoms with Crippen LogP contribution in [0.4, 0.5) is 0 Å². The number of aromatic nitrogens is 1. The minimum Gasteiger partial charge on any atom is -0.494 e. The molecule has 0 atom stereocenters. The van der Waals surface area contributed by atoms with Crippen molar-refractivity contribution < 1.29 is 14.0 Å². The minimum absolute atomic E-state index is 0.687. The van der Waals surface area contributed by atoms with E-state index in [0.29, 0.717) is 6.61 Å². The number of unbranched alkanes of at least 4 members (excludes halogenated alkanes) is 1. The van der Waals surface area contributed by atoms with Crippen molar-refractivity contribution in [3.63, 3.8) is 0 Å². The van der Waals surface area contributed by atoms with Crippen molar-refractivity contribution in [2.24, 2.45) is 0 Å². The lowest BCUT2D eigenvalue weighted by Gasteiger charge is -2.06. The number of rotatable bonds is 9. The predicted octanol–water partition coefficient (Wildman–Crippen LogP) is 3.09. The fraction of sp³-hybridized carbons (Fsp3) is 0.400. The Balaban J connectivity index is 1.42. The summed E-state index contributed by atoms with van der Waals surface area (Å²) < 4.78 is 15.9. The van der Waals surface area contributed by atoms with Crippen LogP contribution in [0, 0.1) is 0 Å². The van der Waals surface area contributed by atoms with Gasteiger partial charge in [-0.2, -0.15) is 0 Å². The van der Waals surface area contributed by atoms with Crippen LogP contribution < -0.4 is 4.74 Å². The Hall–Kier alpha value is -1.81. The van der Waals surface area contributed by atoms with E-state index in [9.17, 15) is 0 Å². The van der Waals surface area contributed by atoms with Crippen LogP contribution in [0.5, 0.6) is 5.75 Å². The lowest BCUT2D eigenvalue weighted by molar-refractivity contribution is 0.128. The maximum atomic E-state index is 5.59. The van der Waals surface area contributed by atoms with Crippen molar-refractivity contribution in [3.8, 4) is 5.75 Å². The van der Waals surface area contributed by atoms with E-state index >= 15 is 0 Å². The zero-order chi connectivity index (χ0) is 13.2. The van der Waals surface area contributed by atoms with E-state index in [2.05, 4.69) is 5.16 Å². The zero-order valence-corrected chi connectivity index (χ0v) is 11.0. The Kier molecular flexibility index (Phi) is 5.96. The SMILES string of the molecule is c1ccc(OCCCCOCCc2ccon2)cc1. The fourth-order valence-electron chi connectivity index (χ4n) is 1.66. The summed E-state index contributed by atoms with van der Waals surface area (Å²) in [5.74, 6) is 0.925. The Labute approximate surface area is 113 Å². The first-order chi connectivity index (χ1) is 9.45. The van der Waals surface area contributed by atoms with Crippen molar-refractivity contribution in [1.29, 1.82) is 0 Å². The van der Waals surface area contributed by atoms with Crippen LogP contribution in [-0.2, 0) is 11.2 Å². The lowest BCUT2D eigenvalue weighted by atomic mass is 10.3. The summed E-state index contributed by atoms with van der Waals surface area (Å²) in [7, 11) is 0. The van der Waals surface area contributed by atoms with Crippen molar-refractivity contribution in [2.75, 3.05) is 19.8 Å². The molecule has 0 bridgehead atoms. The van der Waals surface area contributed by atoms with Gasteiger partial charge in [0.25, 0.3) is 0 Å². The second kappa shape index (κ2) is 8.32. The van der Waals surface area contributed by atoms with Crippen LogP contribution in [0.1, 0.15) is 18.5 Å². The molecule has 0 aliphatic carbocycles. The quantitative estimate of drug-likeness (QED) is 0.651. The standard InChI is InChI=1S/C15H19NO3/c1-2-6-15(7-3-1)18-11-5-4-10-17-12-8-14-9-13-19-16-14/h1-3,6-7,9,13H,4-5,8,10-12H2. The maximum absolute atomic E-state index is 5.59. The molecule has 1 aromatic heterocycles. The molecule has 2 aromatic rings. The van der Waals surface area contributed by atoms with Crippen LogP contribution >= 0.6 is 0 Å². The van der Waals surface area contributed by atoms with Gasteiger partial charge in [0.05, 0.1) is 18.9 Å². The van der Waals surface area contributed by atoms with Gasteiger partial charge >= 0.3 is 0 Å². The van der Waals surface area contributed by atoms with Gasteiger partial charge < -0.3 is 14.0 Å². The zero-order valence-electron chi connectivity index (χ0n) is 11.0. The summed E-state index contributed by atoms with van der Waals surface area (Å²) in [5, 5.41) is 3.82. The molecule has 0 spiro atoms. The third-order valence-corrected chi connectivity index (χ3v) is 2.69. The fourth-order valence-corrected chi connectivity index (χ4v) is 1.66. The van der Waals surface area contributed by atoms with Gasteiger partial charge in [0.15, 0.2) is 0 Å². The Morgan fingerprint density at radius 1 is 0.947 bits per heavy atom. The molecule has 4 nitrogen and oxygen atoms in total. The van der Waals surface area contributed by atoms with Gasteiger partial charge in [-0.05, 0) is 25.0 Å². The molecular weight excluding hydrogens is 242 g/mol. The molecule has 0 saturated carbocycles. The number of para-hydroxylation sites is 1. The van der Waals surface area contributed by atoms with Gasteiger partial charge in [-0.3, -0.25) is 0 Å². The van der Waals surface area contributed by atoms with Crippen LogP contribution in [0.2, 0.25) is 0 Å². The Morgan fingerprint density at radius 3 is 2.58 bits per heavy atom. The molecule has 0 unspecified atom stereocenters. The number of nitrogens with zero attached hydrogens (tertiary/aromatic N) is 1. The first kappa shape index (κ1) is 13.6. The minimum atomic E-state index is 0.687. The number of hydrogen-bond donors (Lipinski definition) is 0. The summed E-state index contributed by atoms with van der Waals surface area (Å²) in [6.07, 6.45) is 4.39. The molecule has 0 N–H and O–H groups in total. The highest BCUT2D eigenvalue weighted by molar-refractivity contribution is 5.20. The average molecular weight is 261 g/mol. The first-order valence-corrected chi connectivity index (χ1v) is 6.60. The smallest absolute Gasteiger partial charge is 0.124 e. The molecule has 0 fully saturated rings. The van der Waals surface area contributed by atoms with Crippen LogP contribution in [-0.4, -0.2) is 25.0 Å². The van der Waals surface area contributed by atoms with Gasteiger partial charge in [-0.1, -0.05) is 23.4 Å². The molecule has 1 aromatic carbocycles. The van der Waals surface area contributed by atoms with E-state index in [-0.39, 0.29) is 0 Å². The Morgan fingerprint density at radius 2 is 1.79 bits per heavy atom. The van der Waals surface area contributed by atoms with Gasteiger partial charge in [0.1, 0.15) is 12.0 Å². The van der Waals surface area contributed by atoms with Gasteiger partial charge in [-0.15, -0.1) is 0 Å². The molecule has 0 aliphatic heterocycles. The van der Waals surface area contributed by atoms with E-state index in [4.69, 9.17) is 14.0 Å². The summed E-state index contributed by atoms with van der Waals surface area (Å²) in [6, 6.07) is 11.7. The molecule has 0 amide bonds. The van der Waals surface area contributed by atoms with Crippen LogP contribution in [0.3, 0.4) is 0 Å². The molecule has 1 heterocycles. The summed E-state index contributed by atoms with van der Waals surface area (Å²) in [6.45, 7) is 2.18. The first-order valence-electron chi connectivity index (χ1n) is 6.60.